The molecule has 3 rings (SSSR count). The molecule has 6 heteroatoms. The van der Waals surface area contributed by atoms with Crippen molar-refractivity contribution < 1.29 is 4.79 Å². The third-order valence-corrected chi connectivity index (χ3v) is 5.08. The molecule has 22 heavy (non-hydrogen) atoms. The molecule has 2 N–H and O–H groups in total. The highest BCUT2D eigenvalue weighted by atomic mass is 35.5. The number of hydrogen-bond acceptors (Lipinski definition) is 4. The van der Waals surface area contributed by atoms with Gasteiger partial charge in [-0.2, -0.15) is 0 Å². The summed E-state index contributed by atoms with van der Waals surface area (Å²) in [6, 6.07) is 8.00. The van der Waals surface area contributed by atoms with Gasteiger partial charge < -0.3 is 10.6 Å². The van der Waals surface area contributed by atoms with Gasteiger partial charge in [0, 0.05) is 16.9 Å². The summed E-state index contributed by atoms with van der Waals surface area (Å²) in [6.45, 7) is 1.58. The van der Waals surface area contributed by atoms with Gasteiger partial charge in [0.15, 0.2) is 0 Å². The van der Waals surface area contributed by atoms with Crippen LogP contribution in [0.5, 0.6) is 0 Å². The normalized spacial score (nSPS) is 17.6. The molecule has 1 saturated heterocycles. The maximum absolute atomic E-state index is 12.1. The number of carbonyl (C=O) groups is 1. The molecule has 1 fully saturated rings. The molecule has 1 aromatic carbocycles. The van der Waals surface area contributed by atoms with Crippen molar-refractivity contribution in [1.82, 2.24) is 15.6 Å². The van der Waals surface area contributed by atoms with Crippen LogP contribution in [0, 0.1) is 0 Å². The summed E-state index contributed by atoms with van der Waals surface area (Å²) in [5.41, 5.74) is 1.55. The second-order valence-corrected chi connectivity index (χ2v) is 6.61. The molecule has 2 heterocycles. The van der Waals surface area contributed by atoms with E-state index in [1.807, 2.05) is 29.6 Å². The first-order valence-electron chi connectivity index (χ1n) is 7.44. The molecule has 0 radical (unpaired) electrons. The zero-order chi connectivity index (χ0) is 15.4. The van der Waals surface area contributed by atoms with E-state index in [2.05, 4.69) is 15.6 Å². The summed E-state index contributed by atoms with van der Waals surface area (Å²) in [4.78, 5) is 16.6. The molecule has 0 bridgehead atoms. The highest BCUT2D eigenvalue weighted by Crippen LogP contribution is 2.25. The van der Waals surface area contributed by atoms with Gasteiger partial charge in [-0.25, -0.2) is 4.98 Å². The van der Waals surface area contributed by atoms with Crippen LogP contribution >= 0.6 is 22.9 Å². The molecule has 4 nitrogen and oxygen atoms in total. The number of aromatic nitrogens is 1. The van der Waals surface area contributed by atoms with Crippen molar-refractivity contribution in [3.8, 4) is 0 Å². The highest BCUT2D eigenvalue weighted by Gasteiger charge is 2.20. The van der Waals surface area contributed by atoms with E-state index in [9.17, 15) is 4.79 Å². The second-order valence-electron chi connectivity index (χ2n) is 5.32. The van der Waals surface area contributed by atoms with Crippen LogP contribution in [0.25, 0.3) is 0 Å². The number of nitrogens with zero attached hydrogens (tertiary/aromatic N) is 1. The number of hydrogen-bond donors (Lipinski definition) is 2. The van der Waals surface area contributed by atoms with Gasteiger partial charge in [-0.15, -0.1) is 11.3 Å². The first kappa shape index (κ1) is 15.5. The molecular formula is C16H18ClN3OS. The molecule has 0 spiro atoms. The van der Waals surface area contributed by atoms with Gasteiger partial charge in [0.05, 0.1) is 6.04 Å². The Hall–Kier alpha value is -1.43. The minimum atomic E-state index is -0.118. The molecule has 116 valence electrons. The lowest BCUT2D eigenvalue weighted by molar-refractivity contribution is 0.0949. The summed E-state index contributed by atoms with van der Waals surface area (Å²) in [7, 11) is 0. The van der Waals surface area contributed by atoms with Crippen molar-refractivity contribution >= 4 is 28.8 Å². The molecule has 1 aromatic heterocycles. The second kappa shape index (κ2) is 7.22. The minimum absolute atomic E-state index is 0.118. The summed E-state index contributed by atoms with van der Waals surface area (Å²) < 4.78 is 0. The Balaban J connectivity index is 1.53. The minimum Gasteiger partial charge on any atom is -0.350 e. The van der Waals surface area contributed by atoms with Gasteiger partial charge in [0.1, 0.15) is 10.7 Å². The van der Waals surface area contributed by atoms with Gasteiger partial charge in [0.2, 0.25) is 0 Å². The summed E-state index contributed by atoms with van der Waals surface area (Å²) >= 11 is 7.65. The lowest BCUT2D eigenvalue weighted by atomic mass is 10.1. The van der Waals surface area contributed by atoms with E-state index in [1.54, 1.807) is 11.3 Å². The Kier molecular flexibility index (Phi) is 5.08. The molecule has 1 aliphatic heterocycles. The van der Waals surface area contributed by atoms with Crippen molar-refractivity contribution in [2.24, 2.45) is 0 Å². The van der Waals surface area contributed by atoms with Crippen LogP contribution < -0.4 is 10.6 Å². The van der Waals surface area contributed by atoms with Crippen molar-refractivity contribution in [2.45, 2.75) is 25.3 Å². The fourth-order valence-electron chi connectivity index (χ4n) is 2.55. The molecule has 1 unspecified atom stereocenters. The molecule has 2 aromatic rings. The summed E-state index contributed by atoms with van der Waals surface area (Å²) in [5, 5.41) is 9.88. The van der Waals surface area contributed by atoms with Gasteiger partial charge in [0.25, 0.3) is 5.91 Å². The van der Waals surface area contributed by atoms with Crippen molar-refractivity contribution in [3.05, 3.63) is 50.9 Å². The van der Waals surface area contributed by atoms with Crippen LogP contribution in [-0.2, 0) is 6.42 Å². The fraction of sp³-hybridized carbons (Fsp3) is 0.375. The van der Waals surface area contributed by atoms with Crippen molar-refractivity contribution in [1.29, 1.82) is 0 Å². The molecule has 1 amide bonds. The number of amides is 1. The lowest BCUT2D eigenvalue weighted by Crippen LogP contribution is -2.26. The van der Waals surface area contributed by atoms with Crippen LogP contribution in [0.15, 0.2) is 29.6 Å². The third-order valence-electron chi connectivity index (χ3n) is 3.75. The van der Waals surface area contributed by atoms with Gasteiger partial charge in [-0.3, -0.25) is 4.79 Å². The Bertz CT molecular complexity index is 652. The number of rotatable bonds is 5. The maximum Gasteiger partial charge on any atom is 0.270 e. The molecule has 1 aliphatic rings. The number of halogens is 1. The van der Waals surface area contributed by atoms with Crippen LogP contribution in [-0.4, -0.2) is 24.0 Å². The predicted octanol–water partition coefficient (Wildman–Crippen LogP) is 3.19. The zero-order valence-electron chi connectivity index (χ0n) is 12.1. The SMILES string of the molecule is O=C(NCCc1ccccc1Cl)c1csc(C2CCCN2)n1. The first-order valence-corrected chi connectivity index (χ1v) is 8.70. The molecular weight excluding hydrogens is 318 g/mol. The highest BCUT2D eigenvalue weighted by molar-refractivity contribution is 7.09. The zero-order valence-corrected chi connectivity index (χ0v) is 13.7. The molecule has 0 saturated carbocycles. The van der Waals surface area contributed by atoms with E-state index in [4.69, 9.17) is 11.6 Å². The lowest BCUT2D eigenvalue weighted by Gasteiger charge is -2.06. The van der Waals surface area contributed by atoms with Crippen molar-refractivity contribution in [3.63, 3.8) is 0 Å². The van der Waals surface area contributed by atoms with Crippen LogP contribution in [0.3, 0.4) is 0 Å². The summed E-state index contributed by atoms with van der Waals surface area (Å²) in [5.74, 6) is -0.118. The third kappa shape index (κ3) is 3.66. The van der Waals surface area contributed by atoms with Gasteiger partial charge >= 0.3 is 0 Å². The molecule has 1 atom stereocenters. The standard InChI is InChI=1S/C16H18ClN3OS/c17-12-5-2-1-4-11(12)7-9-19-15(21)14-10-22-16(20-14)13-6-3-8-18-13/h1-2,4-5,10,13,18H,3,6-9H2,(H,19,21). The number of benzene rings is 1. The van der Waals surface area contributed by atoms with E-state index in [1.165, 1.54) is 6.42 Å². The van der Waals surface area contributed by atoms with Crippen LogP contribution in [0.2, 0.25) is 5.02 Å². The largest absolute Gasteiger partial charge is 0.350 e. The van der Waals surface area contributed by atoms with E-state index in [-0.39, 0.29) is 5.91 Å². The van der Waals surface area contributed by atoms with E-state index < -0.39 is 0 Å². The summed E-state index contributed by atoms with van der Waals surface area (Å²) in [6.07, 6.45) is 2.98. The van der Waals surface area contributed by atoms with E-state index in [0.717, 1.165) is 28.6 Å². The quantitative estimate of drug-likeness (QED) is 0.882. The predicted molar refractivity (Wildman–Crippen MR) is 89.6 cm³/mol. The van der Waals surface area contributed by atoms with Crippen molar-refractivity contribution in [2.75, 3.05) is 13.1 Å². The topological polar surface area (TPSA) is 54.0 Å². The fourth-order valence-corrected chi connectivity index (χ4v) is 3.69. The number of thiazole rings is 1. The Morgan fingerprint density at radius 1 is 1.45 bits per heavy atom. The average Bonchev–Trinajstić information content (AvgIpc) is 3.20. The number of nitrogens with one attached hydrogen (secondary N) is 2. The monoisotopic (exact) mass is 335 g/mol. The number of carbonyl (C=O) groups excluding carboxylic acids is 1. The maximum atomic E-state index is 12.1. The smallest absolute Gasteiger partial charge is 0.270 e. The first-order chi connectivity index (χ1) is 10.7. The van der Waals surface area contributed by atoms with E-state index in [0.29, 0.717) is 24.7 Å². The average molecular weight is 336 g/mol. The molecule has 0 aliphatic carbocycles. The Morgan fingerprint density at radius 3 is 3.09 bits per heavy atom. The van der Waals surface area contributed by atoms with Crippen LogP contribution in [0.4, 0.5) is 0 Å². The van der Waals surface area contributed by atoms with Crippen LogP contribution in [0.1, 0.15) is 39.9 Å². The van der Waals surface area contributed by atoms with Gasteiger partial charge in [-0.05, 0) is 37.4 Å². The van der Waals surface area contributed by atoms with E-state index >= 15 is 0 Å². The Morgan fingerprint density at radius 2 is 2.32 bits per heavy atom. The van der Waals surface area contributed by atoms with Gasteiger partial charge in [-0.1, -0.05) is 29.8 Å². The Labute approximate surface area is 138 Å².